The molecule has 1 N–H and O–H groups in total. The van der Waals surface area contributed by atoms with Crippen LogP contribution in [0.5, 0.6) is 0 Å². The molecule has 0 bridgehead atoms. The molecule has 0 aromatic carbocycles. The van der Waals surface area contributed by atoms with Gasteiger partial charge in [0.25, 0.3) is 0 Å². The zero-order valence-corrected chi connectivity index (χ0v) is 6.51. The van der Waals surface area contributed by atoms with Crippen molar-refractivity contribution < 1.29 is 9.53 Å². The van der Waals surface area contributed by atoms with Gasteiger partial charge in [-0.1, -0.05) is 0 Å². The van der Waals surface area contributed by atoms with Gasteiger partial charge in [-0.05, 0) is 12.8 Å². The maximum atomic E-state index is 10.6. The Balaban J connectivity index is 2.02. The molecule has 1 spiro atoms. The van der Waals surface area contributed by atoms with Crippen LogP contribution in [0.3, 0.4) is 0 Å². The Bertz CT molecular complexity index is 163. The van der Waals surface area contributed by atoms with E-state index in [0.717, 1.165) is 38.9 Å². The highest BCUT2D eigenvalue weighted by atomic mass is 16.5. The van der Waals surface area contributed by atoms with Gasteiger partial charge >= 0.3 is 0 Å². The highest BCUT2D eigenvalue weighted by molar-refractivity contribution is 5.59. The molecule has 1 unspecified atom stereocenters. The maximum absolute atomic E-state index is 10.6. The topological polar surface area (TPSA) is 38.3 Å². The first-order chi connectivity index (χ1) is 5.37. The maximum Gasteiger partial charge on any atom is 0.126 e. The van der Waals surface area contributed by atoms with Gasteiger partial charge in [-0.15, -0.1) is 0 Å². The van der Waals surface area contributed by atoms with E-state index in [2.05, 4.69) is 5.32 Å². The molecule has 0 aromatic heterocycles. The number of hydrogen-bond donors (Lipinski definition) is 1. The van der Waals surface area contributed by atoms with Crippen LogP contribution in [0.15, 0.2) is 0 Å². The van der Waals surface area contributed by atoms with Crippen LogP contribution in [-0.2, 0) is 9.53 Å². The van der Waals surface area contributed by atoms with Crippen molar-refractivity contribution in [1.82, 2.24) is 5.32 Å². The predicted molar refractivity (Wildman–Crippen MR) is 40.3 cm³/mol. The summed E-state index contributed by atoms with van der Waals surface area (Å²) in [4.78, 5) is 10.6. The molecule has 0 amide bonds. The van der Waals surface area contributed by atoms with Crippen molar-refractivity contribution in [2.45, 2.75) is 18.4 Å². The molecule has 3 nitrogen and oxygen atoms in total. The van der Waals surface area contributed by atoms with Crippen molar-refractivity contribution in [3.05, 3.63) is 0 Å². The van der Waals surface area contributed by atoms with Gasteiger partial charge in [0.2, 0.25) is 0 Å². The minimum atomic E-state index is 0.125. The van der Waals surface area contributed by atoms with Crippen molar-refractivity contribution in [3.8, 4) is 0 Å². The number of nitrogens with one attached hydrogen (secondary N) is 1. The first-order valence-corrected chi connectivity index (χ1v) is 4.15. The summed E-state index contributed by atoms with van der Waals surface area (Å²) in [6.45, 7) is 2.47. The minimum Gasteiger partial charge on any atom is -0.381 e. The number of rotatable bonds is 1. The van der Waals surface area contributed by atoms with Crippen LogP contribution in [-0.4, -0.2) is 31.6 Å². The van der Waals surface area contributed by atoms with E-state index in [4.69, 9.17) is 4.74 Å². The third kappa shape index (κ3) is 0.993. The van der Waals surface area contributed by atoms with Gasteiger partial charge in [0.15, 0.2) is 0 Å². The smallest absolute Gasteiger partial charge is 0.126 e. The summed E-state index contributed by atoms with van der Waals surface area (Å²) in [5, 5.41) is 3.35. The lowest BCUT2D eigenvalue weighted by atomic mass is 9.72. The number of carbonyl (C=O) groups excluding carboxylic acids is 1. The van der Waals surface area contributed by atoms with Gasteiger partial charge in [0, 0.05) is 31.2 Å². The van der Waals surface area contributed by atoms with Gasteiger partial charge in [0.05, 0.1) is 0 Å². The summed E-state index contributed by atoms with van der Waals surface area (Å²) in [6, 6.07) is 0. The molecule has 0 saturated carbocycles. The van der Waals surface area contributed by atoms with E-state index >= 15 is 0 Å². The van der Waals surface area contributed by atoms with E-state index in [1.54, 1.807) is 0 Å². The van der Waals surface area contributed by atoms with Gasteiger partial charge in [-0.3, -0.25) is 0 Å². The van der Waals surface area contributed by atoms with Gasteiger partial charge in [-0.25, -0.2) is 0 Å². The van der Waals surface area contributed by atoms with Crippen molar-refractivity contribution in [3.63, 3.8) is 0 Å². The van der Waals surface area contributed by atoms with Crippen LogP contribution < -0.4 is 5.32 Å². The Morgan fingerprint density at radius 1 is 1.45 bits per heavy atom. The van der Waals surface area contributed by atoms with Crippen molar-refractivity contribution >= 4 is 6.29 Å². The highest BCUT2D eigenvalue weighted by Crippen LogP contribution is 2.34. The Morgan fingerprint density at radius 2 is 2.18 bits per heavy atom. The SMILES string of the molecule is O=CC1CNC12CCOCC2. The van der Waals surface area contributed by atoms with Crippen molar-refractivity contribution in [1.29, 1.82) is 0 Å². The minimum absolute atomic E-state index is 0.125. The highest BCUT2D eigenvalue weighted by Gasteiger charge is 2.46. The molecule has 0 radical (unpaired) electrons. The molecule has 2 fully saturated rings. The third-order valence-corrected chi connectivity index (χ3v) is 2.93. The van der Waals surface area contributed by atoms with Crippen molar-refractivity contribution in [2.75, 3.05) is 19.8 Å². The van der Waals surface area contributed by atoms with Gasteiger partial charge < -0.3 is 14.8 Å². The van der Waals surface area contributed by atoms with E-state index < -0.39 is 0 Å². The van der Waals surface area contributed by atoms with E-state index in [1.165, 1.54) is 0 Å². The van der Waals surface area contributed by atoms with E-state index in [0.29, 0.717) is 0 Å². The van der Waals surface area contributed by atoms with Crippen LogP contribution in [0.25, 0.3) is 0 Å². The Labute approximate surface area is 66.1 Å². The molecule has 2 heterocycles. The Kier molecular flexibility index (Phi) is 1.69. The second kappa shape index (κ2) is 2.57. The van der Waals surface area contributed by atoms with Crippen LogP contribution >= 0.6 is 0 Å². The van der Waals surface area contributed by atoms with Gasteiger partial charge in [-0.2, -0.15) is 0 Å². The second-order valence-corrected chi connectivity index (χ2v) is 3.39. The summed E-state index contributed by atoms with van der Waals surface area (Å²) in [5.74, 6) is 0.242. The summed E-state index contributed by atoms with van der Waals surface area (Å²) in [7, 11) is 0. The van der Waals surface area contributed by atoms with Crippen LogP contribution in [0.4, 0.5) is 0 Å². The van der Waals surface area contributed by atoms with E-state index in [1.807, 2.05) is 0 Å². The predicted octanol–water partition coefficient (Wildman–Crippen LogP) is -0.0461. The zero-order chi connectivity index (χ0) is 7.73. The monoisotopic (exact) mass is 155 g/mol. The number of aldehydes is 1. The number of hydrogen-bond acceptors (Lipinski definition) is 3. The Hall–Kier alpha value is -0.410. The fraction of sp³-hybridized carbons (Fsp3) is 0.875. The fourth-order valence-electron chi connectivity index (χ4n) is 1.97. The average Bonchev–Trinajstić information content (AvgIpc) is 2.05. The van der Waals surface area contributed by atoms with Crippen LogP contribution in [0, 0.1) is 5.92 Å². The van der Waals surface area contributed by atoms with Crippen LogP contribution in [0.2, 0.25) is 0 Å². The van der Waals surface area contributed by atoms with E-state index in [-0.39, 0.29) is 11.5 Å². The quantitative estimate of drug-likeness (QED) is 0.540. The molecular formula is C8H13NO2. The lowest BCUT2D eigenvalue weighted by molar-refractivity contribution is -0.120. The lowest BCUT2D eigenvalue weighted by Crippen LogP contribution is -2.67. The Morgan fingerprint density at radius 3 is 2.64 bits per heavy atom. The summed E-state index contributed by atoms with van der Waals surface area (Å²) >= 11 is 0. The molecule has 1 atom stereocenters. The van der Waals surface area contributed by atoms with E-state index in [9.17, 15) is 4.79 Å². The largest absolute Gasteiger partial charge is 0.381 e. The molecule has 2 aliphatic heterocycles. The number of ether oxygens (including phenoxy) is 1. The molecule has 2 saturated heterocycles. The molecule has 11 heavy (non-hydrogen) atoms. The first-order valence-electron chi connectivity index (χ1n) is 4.15. The molecule has 2 aliphatic rings. The summed E-state index contributed by atoms with van der Waals surface area (Å²) < 4.78 is 5.24. The normalized spacial score (nSPS) is 34.7. The van der Waals surface area contributed by atoms with Gasteiger partial charge in [0.1, 0.15) is 6.29 Å². The first kappa shape index (κ1) is 7.25. The second-order valence-electron chi connectivity index (χ2n) is 3.39. The van der Waals surface area contributed by atoms with Crippen molar-refractivity contribution in [2.24, 2.45) is 5.92 Å². The third-order valence-electron chi connectivity index (χ3n) is 2.93. The molecule has 2 rings (SSSR count). The summed E-state index contributed by atoms with van der Waals surface area (Å²) in [6.07, 6.45) is 3.08. The van der Waals surface area contributed by atoms with Crippen LogP contribution in [0.1, 0.15) is 12.8 Å². The molecule has 3 heteroatoms. The zero-order valence-electron chi connectivity index (χ0n) is 6.51. The fourth-order valence-corrected chi connectivity index (χ4v) is 1.97. The number of carbonyl (C=O) groups is 1. The molecule has 62 valence electrons. The molecular weight excluding hydrogens is 142 g/mol. The average molecular weight is 155 g/mol. The molecule has 0 aromatic rings. The summed E-state index contributed by atoms with van der Waals surface area (Å²) in [5.41, 5.74) is 0.125. The molecule has 0 aliphatic carbocycles. The standard InChI is InChI=1S/C8H13NO2/c10-6-7-5-9-8(7)1-3-11-4-2-8/h6-7,9H,1-5H2. The lowest BCUT2D eigenvalue weighted by Gasteiger charge is -2.50.